The molecule has 0 aromatic carbocycles. The molecule has 2 rings (SSSR count). The Morgan fingerprint density at radius 2 is 2.13 bits per heavy atom. The lowest BCUT2D eigenvalue weighted by Crippen LogP contribution is -2.04. The number of esters is 1. The standard InChI is InChI=1S/C10H12N2O2S/c1-4-5(2)15-9-6(4)7(11)8(12-9)10(13)14-3/h12H,11H2,1-3H3. The van der Waals surface area contributed by atoms with Crippen LogP contribution in [-0.2, 0) is 4.74 Å². The highest BCUT2D eigenvalue weighted by atomic mass is 32.1. The zero-order chi connectivity index (χ0) is 11.2. The third kappa shape index (κ3) is 1.31. The summed E-state index contributed by atoms with van der Waals surface area (Å²) in [7, 11) is 1.34. The number of aromatic nitrogens is 1. The van der Waals surface area contributed by atoms with E-state index in [2.05, 4.69) is 9.72 Å². The molecule has 0 aliphatic carbocycles. The number of nitrogen functional groups attached to an aromatic ring is 1. The van der Waals surface area contributed by atoms with Crippen molar-refractivity contribution in [3.8, 4) is 0 Å². The summed E-state index contributed by atoms with van der Waals surface area (Å²) in [5, 5.41) is 0.943. The molecule has 4 nitrogen and oxygen atoms in total. The van der Waals surface area contributed by atoms with Crippen LogP contribution in [0.2, 0.25) is 0 Å². The van der Waals surface area contributed by atoms with Gasteiger partial charge in [-0.05, 0) is 19.4 Å². The molecule has 2 aromatic heterocycles. The first-order valence-electron chi connectivity index (χ1n) is 4.51. The molecule has 2 aromatic rings. The number of carbonyl (C=O) groups is 1. The quantitative estimate of drug-likeness (QED) is 0.730. The van der Waals surface area contributed by atoms with Crippen LogP contribution in [0.15, 0.2) is 0 Å². The fourth-order valence-electron chi connectivity index (χ4n) is 1.61. The van der Waals surface area contributed by atoms with Gasteiger partial charge < -0.3 is 15.5 Å². The maximum Gasteiger partial charge on any atom is 0.356 e. The van der Waals surface area contributed by atoms with Crippen molar-refractivity contribution in [1.82, 2.24) is 4.98 Å². The van der Waals surface area contributed by atoms with Crippen molar-refractivity contribution in [2.45, 2.75) is 13.8 Å². The number of nitrogens with two attached hydrogens (primary N) is 1. The molecule has 0 spiro atoms. The number of carbonyl (C=O) groups excluding carboxylic acids is 1. The van der Waals surface area contributed by atoms with Crippen LogP contribution in [0.1, 0.15) is 20.9 Å². The van der Waals surface area contributed by atoms with E-state index in [0.29, 0.717) is 11.4 Å². The van der Waals surface area contributed by atoms with Gasteiger partial charge in [-0.15, -0.1) is 11.3 Å². The van der Waals surface area contributed by atoms with Crippen LogP contribution in [-0.4, -0.2) is 18.1 Å². The number of hydrogen-bond donors (Lipinski definition) is 2. The molecule has 0 aliphatic rings. The van der Waals surface area contributed by atoms with Crippen molar-refractivity contribution in [2.75, 3.05) is 12.8 Å². The predicted molar refractivity (Wildman–Crippen MR) is 61.4 cm³/mol. The van der Waals surface area contributed by atoms with E-state index in [0.717, 1.165) is 15.8 Å². The van der Waals surface area contributed by atoms with Crippen LogP contribution in [0.3, 0.4) is 0 Å². The first-order chi connectivity index (χ1) is 7.06. The van der Waals surface area contributed by atoms with E-state index in [-0.39, 0.29) is 0 Å². The maximum absolute atomic E-state index is 11.4. The number of aryl methyl sites for hydroxylation is 2. The second-order valence-corrected chi connectivity index (χ2v) is 4.62. The molecule has 3 N–H and O–H groups in total. The monoisotopic (exact) mass is 224 g/mol. The van der Waals surface area contributed by atoms with Gasteiger partial charge in [0, 0.05) is 10.3 Å². The molecule has 0 fully saturated rings. The minimum absolute atomic E-state index is 0.349. The van der Waals surface area contributed by atoms with Crippen molar-refractivity contribution in [1.29, 1.82) is 0 Å². The second kappa shape index (κ2) is 3.27. The van der Waals surface area contributed by atoms with Crippen molar-refractivity contribution in [3.63, 3.8) is 0 Å². The molecule has 0 amide bonds. The van der Waals surface area contributed by atoms with Gasteiger partial charge in [-0.2, -0.15) is 0 Å². The number of fused-ring (bicyclic) bond motifs is 1. The summed E-state index contributed by atoms with van der Waals surface area (Å²) >= 11 is 1.60. The molecule has 0 saturated heterocycles. The molecule has 0 atom stereocenters. The van der Waals surface area contributed by atoms with Crippen LogP contribution in [0, 0.1) is 13.8 Å². The average Bonchev–Trinajstić information content (AvgIpc) is 2.66. The minimum Gasteiger partial charge on any atom is -0.464 e. The number of methoxy groups -OCH3 is 1. The van der Waals surface area contributed by atoms with Gasteiger partial charge in [-0.1, -0.05) is 0 Å². The zero-order valence-electron chi connectivity index (χ0n) is 8.80. The van der Waals surface area contributed by atoms with Gasteiger partial charge in [0.2, 0.25) is 0 Å². The van der Waals surface area contributed by atoms with Gasteiger partial charge >= 0.3 is 5.97 Å². The lowest BCUT2D eigenvalue weighted by molar-refractivity contribution is 0.0596. The fourth-order valence-corrected chi connectivity index (χ4v) is 2.69. The molecular weight excluding hydrogens is 212 g/mol. The van der Waals surface area contributed by atoms with Gasteiger partial charge in [0.05, 0.1) is 12.8 Å². The van der Waals surface area contributed by atoms with Gasteiger partial charge in [0.1, 0.15) is 10.5 Å². The van der Waals surface area contributed by atoms with Crippen molar-refractivity contribution >= 4 is 33.2 Å². The van der Waals surface area contributed by atoms with E-state index in [1.165, 1.54) is 12.0 Å². The topological polar surface area (TPSA) is 68.1 Å². The van der Waals surface area contributed by atoms with E-state index in [4.69, 9.17) is 5.73 Å². The lowest BCUT2D eigenvalue weighted by atomic mass is 10.2. The van der Waals surface area contributed by atoms with E-state index in [1.54, 1.807) is 11.3 Å². The summed E-state index contributed by atoms with van der Waals surface area (Å²) in [5.41, 5.74) is 7.86. The molecule has 80 valence electrons. The summed E-state index contributed by atoms with van der Waals surface area (Å²) < 4.78 is 4.64. The Morgan fingerprint density at radius 3 is 2.67 bits per heavy atom. The highest BCUT2D eigenvalue weighted by molar-refractivity contribution is 7.19. The first kappa shape index (κ1) is 10.0. The highest BCUT2D eigenvalue weighted by Gasteiger charge is 2.19. The van der Waals surface area contributed by atoms with Crippen LogP contribution in [0.4, 0.5) is 5.69 Å². The van der Waals surface area contributed by atoms with Crippen LogP contribution in [0.5, 0.6) is 0 Å². The Labute approximate surface area is 91.0 Å². The lowest BCUT2D eigenvalue weighted by Gasteiger charge is -1.97. The third-order valence-electron chi connectivity index (χ3n) is 2.55. The molecule has 2 heterocycles. The Hall–Kier alpha value is -1.49. The summed E-state index contributed by atoms with van der Waals surface area (Å²) in [6.07, 6.45) is 0. The van der Waals surface area contributed by atoms with Gasteiger partial charge in [0.15, 0.2) is 0 Å². The summed E-state index contributed by atoms with van der Waals surface area (Å²) in [6.45, 7) is 4.03. The third-order valence-corrected chi connectivity index (χ3v) is 3.67. The normalized spacial score (nSPS) is 10.9. The Morgan fingerprint density at radius 1 is 1.47 bits per heavy atom. The van der Waals surface area contributed by atoms with Gasteiger partial charge in [-0.3, -0.25) is 0 Å². The first-order valence-corrected chi connectivity index (χ1v) is 5.33. The molecule has 15 heavy (non-hydrogen) atoms. The van der Waals surface area contributed by atoms with E-state index in [9.17, 15) is 4.79 Å². The number of ether oxygens (including phenoxy) is 1. The Balaban J connectivity index is 2.72. The maximum atomic E-state index is 11.4. The minimum atomic E-state index is -0.423. The van der Waals surface area contributed by atoms with Gasteiger partial charge in [0.25, 0.3) is 0 Å². The van der Waals surface area contributed by atoms with E-state index >= 15 is 0 Å². The van der Waals surface area contributed by atoms with Crippen LogP contribution < -0.4 is 5.73 Å². The number of nitrogens with one attached hydrogen (secondary N) is 1. The van der Waals surface area contributed by atoms with Crippen molar-refractivity contribution in [3.05, 3.63) is 16.1 Å². The van der Waals surface area contributed by atoms with E-state index in [1.807, 2.05) is 13.8 Å². The SMILES string of the molecule is COC(=O)c1[nH]c2sc(C)c(C)c2c1N. The molecule has 0 radical (unpaired) electrons. The summed E-state index contributed by atoms with van der Waals surface area (Å²) in [5.74, 6) is -0.423. The molecule has 0 saturated carbocycles. The van der Waals surface area contributed by atoms with Crippen LogP contribution in [0.25, 0.3) is 10.2 Å². The largest absolute Gasteiger partial charge is 0.464 e. The van der Waals surface area contributed by atoms with E-state index < -0.39 is 5.97 Å². The van der Waals surface area contributed by atoms with Crippen molar-refractivity contribution in [2.24, 2.45) is 0 Å². The highest BCUT2D eigenvalue weighted by Crippen LogP contribution is 2.35. The smallest absolute Gasteiger partial charge is 0.356 e. The molecule has 5 heteroatoms. The summed E-state index contributed by atoms with van der Waals surface area (Å²) in [4.78, 5) is 16.5. The number of hydrogen-bond acceptors (Lipinski definition) is 4. The Kier molecular flexibility index (Phi) is 2.19. The predicted octanol–water partition coefficient (Wildman–Crippen LogP) is 2.22. The molecular formula is C10H12N2O2S. The van der Waals surface area contributed by atoms with Crippen molar-refractivity contribution < 1.29 is 9.53 Å². The number of rotatable bonds is 1. The second-order valence-electron chi connectivity index (χ2n) is 3.39. The summed E-state index contributed by atoms with van der Waals surface area (Å²) in [6, 6.07) is 0. The number of thiophene rings is 1. The van der Waals surface area contributed by atoms with Crippen LogP contribution >= 0.6 is 11.3 Å². The fraction of sp³-hybridized carbons (Fsp3) is 0.300. The molecule has 0 unspecified atom stereocenters. The Bertz CT molecular complexity index is 539. The molecule has 0 bridgehead atoms. The average molecular weight is 224 g/mol. The number of H-pyrrole nitrogens is 1. The number of aromatic amines is 1. The number of anilines is 1. The zero-order valence-corrected chi connectivity index (χ0v) is 9.62. The molecule has 0 aliphatic heterocycles. The van der Waals surface area contributed by atoms with Gasteiger partial charge in [-0.25, -0.2) is 4.79 Å².